The molecule has 1 aromatic carbocycles. The number of hydrogen-bond acceptors (Lipinski definition) is 4. The van der Waals surface area contributed by atoms with E-state index >= 15 is 0 Å². The highest BCUT2D eigenvalue weighted by Gasteiger charge is 2.35. The van der Waals surface area contributed by atoms with E-state index in [0.717, 1.165) is 11.3 Å². The summed E-state index contributed by atoms with van der Waals surface area (Å²) in [4.78, 5) is 23.1. The quantitative estimate of drug-likeness (QED) is 0.739. The van der Waals surface area contributed by atoms with Crippen LogP contribution in [0.1, 0.15) is 28.9 Å². The molecule has 0 unspecified atom stereocenters. The monoisotopic (exact) mass is 391 g/mol. The number of carbonyl (C=O) groups is 1. The molecule has 1 fully saturated rings. The van der Waals surface area contributed by atoms with Gasteiger partial charge in [-0.15, -0.1) is 0 Å². The van der Waals surface area contributed by atoms with E-state index in [-0.39, 0.29) is 5.91 Å². The van der Waals surface area contributed by atoms with Crippen LogP contribution in [-0.2, 0) is 6.42 Å². The van der Waals surface area contributed by atoms with Crippen molar-refractivity contribution in [2.45, 2.75) is 24.9 Å². The van der Waals surface area contributed by atoms with Gasteiger partial charge in [0, 0.05) is 43.8 Å². The van der Waals surface area contributed by atoms with E-state index in [1.54, 1.807) is 41.7 Å². The summed E-state index contributed by atoms with van der Waals surface area (Å²) < 4.78 is 13.9. The number of rotatable bonds is 4. The lowest BCUT2D eigenvalue weighted by Gasteiger charge is -2.38. The van der Waals surface area contributed by atoms with E-state index in [4.69, 9.17) is 0 Å². The highest BCUT2D eigenvalue weighted by Crippen LogP contribution is 2.29. The van der Waals surface area contributed by atoms with Crippen LogP contribution in [0.25, 0.3) is 11.1 Å². The second-order valence-electron chi connectivity index (χ2n) is 7.44. The molecular weight excluding hydrogens is 369 g/mol. The summed E-state index contributed by atoms with van der Waals surface area (Å²) in [5, 5.41) is 10.9. The third-order valence-corrected chi connectivity index (χ3v) is 5.42. The zero-order chi connectivity index (χ0) is 20.3. The summed E-state index contributed by atoms with van der Waals surface area (Å²) in [6, 6.07) is 13.5. The SMILES string of the molecule is O=C(c1cc(F)ccc1-c1ccncc1)N1CCC(O)(Cc2ccccn2)CC1. The van der Waals surface area contributed by atoms with Crippen LogP contribution in [0.3, 0.4) is 0 Å². The fraction of sp³-hybridized carbons (Fsp3) is 0.261. The molecule has 0 spiro atoms. The van der Waals surface area contributed by atoms with Crippen molar-refractivity contribution < 1.29 is 14.3 Å². The van der Waals surface area contributed by atoms with Crippen LogP contribution in [0.15, 0.2) is 67.1 Å². The molecule has 0 radical (unpaired) electrons. The van der Waals surface area contributed by atoms with Gasteiger partial charge in [0.15, 0.2) is 0 Å². The van der Waals surface area contributed by atoms with Crippen LogP contribution in [0.4, 0.5) is 4.39 Å². The first-order chi connectivity index (χ1) is 14.0. The number of carbonyl (C=O) groups excluding carboxylic acids is 1. The Morgan fingerprint density at radius 3 is 2.52 bits per heavy atom. The highest BCUT2D eigenvalue weighted by atomic mass is 19.1. The number of halogens is 1. The van der Waals surface area contributed by atoms with E-state index in [1.807, 2.05) is 18.2 Å². The smallest absolute Gasteiger partial charge is 0.254 e. The molecular formula is C23H22FN3O2. The Kier molecular flexibility index (Phi) is 5.36. The average Bonchev–Trinajstić information content (AvgIpc) is 2.75. The van der Waals surface area contributed by atoms with Gasteiger partial charge in [0.05, 0.1) is 11.2 Å². The molecule has 4 rings (SSSR count). The zero-order valence-corrected chi connectivity index (χ0v) is 16.0. The van der Waals surface area contributed by atoms with Gasteiger partial charge in [-0.1, -0.05) is 12.1 Å². The molecule has 1 N–H and O–H groups in total. The fourth-order valence-electron chi connectivity index (χ4n) is 3.79. The molecule has 6 heteroatoms. The number of aliphatic hydroxyl groups is 1. The Hall–Kier alpha value is -3.12. The van der Waals surface area contributed by atoms with Crippen molar-refractivity contribution in [3.63, 3.8) is 0 Å². The largest absolute Gasteiger partial charge is 0.389 e. The van der Waals surface area contributed by atoms with Gasteiger partial charge in [0.2, 0.25) is 0 Å². The van der Waals surface area contributed by atoms with E-state index in [1.165, 1.54) is 12.1 Å². The van der Waals surface area contributed by atoms with Crippen molar-refractivity contribution in [1.29, 1.82) is 0 Å². The first-order valence-corrected chi connectivity index (χ1v) is 9.66. The lowest BCUT2D eigenvalue weighted by molar-refractivity contribution is -0.0168. The lowest BCUT2D eigenvalue weighted by Crippen LogP contribution is -2.48. The number of hydrogen-bond donors (Lipinski definition) is 1. The third-order valence-electron chi connectivity index (χ3n) is 5.42. The molecule has 1 aliphatic rings. The molecule has 5 nitrogen and oxygen atoms in total. The van der Waals surface area contributed by atoms with Crippen LogP contribution in [0, 0.1) is 5.82 Å². The Morgan fingerprint density at radius 2 is 1.83 bits per heavy atom. The van der Waals surface area contributed by atoms with Crippen molar-refractivity contribution in [2.75, 3.05) is 13.1 Å². The first kappa shape index (κ1) is 19.2. The van der Waals surface area contributed by atoms with Crippen LogP contribution >= 0.6 is 0 Å². The van der Waals surface area contributed by atoms with E-state index in [9.17, 15) is 14.3 Å². The van der Waals surface area contributed by atoms with Gasteiger partial charge in [-0.3, -0.25) is 14.8 Å². The summed E-state index contributed by atoms with van der Waals surface area (Å²) in [7, 11) is 0. The average molecular weight is 391 g/mol. The molecule has 0 bridgehead atoms. The molecule has 1 saturated heterocycles. The predicted octanol–water partition coefficient (Wildman–Crippen LogP) is 3.49. The Bertz CT molecular complexity index is 988. The second kappa shape index (κ2) is 8.09. The lowest BCUT2D eigenvalue weighted by atomic mass is 9.86. The second-order valence-corrected chi connectivity index (χ2v) is 7.44. The molecule has 3 heterocycles. The van der Waals surface area contributed by atoms with Gasteiger partial charge >= 0.3 is 0 Å². The topological polar surface area (TPSA) is 66.3 Å². The molecule has 0 atom stereocenters. The van der Waals surface area contributed by atoms with Crippen LogP contribution in [0.5, 0.6) is 0 Å². The summed E-state index contributed by atoms with van der Waals surface area (Å²) in [5.74, 6) is -0.675. The number of pyridine rings is 2. The number of benzene rings is 1. The maximum absolute atomic E-state index is 13.9. The third kappa shape index (κ3) is 4.32. The van der Waals surface area contributed by atoms with Crippen molar-refractivity contribution in [1.82, 2.24) is 14.9 Å². The molecule has 3 aromatic rings. The van der Waals surface area contributed by atoms with Crippen LogP contribution < -0.4 is 0 Å². The maximum atomic E-state index is 13.9. The van der Waals surface area contributed by atoms with E-state index in [2.05, 4.69) is 9.97 Å². The minimum Gasteiger partial charge on any atom is -0.389 e. The fourth-order valence-corrected chi connectivity index (χ4v) is 3.79. The zero-order valence-electron chi connectivity index (χ0n) is 16.0. The number of likely N-dealkylation sites (tertiary alicyclic amines) is 1. The van der Waals surface area contributed by atoms with Gasteiger partial charge in [0.25, 0.3) is 5.91 Å². The molecule has 1 amide bonds. The molecule has 1 aliphatic heterocycles. The predicted molar refractivity (Wildman–Crippen MR) is 108 cm³/mol. The van der Waals surface area contributed by atoms with Gasteiger partial charge in [-0.2, -0.15) is 0 Å². The van der Waals surface area contributed by atoms with Crippen molar-refractivity contribution in [3.05, 3.63) is 84.2 Å². The highest BCUT2D eigenvalue weighted by molar-refractivity contribution is 6.01. The number of nitrogens with zero attached hydrogens (tertiary/aromatic N) is 3. The summed E-state index contributed by atoms with van der Waals surface area (Å²) in [5.41, 5.74) is 1.76. The molecule has 148 valence electrons. The van der Waals surface area contributed by atoms with Gasteiger partial charge < -0.3 is 10.0 Å². The van der Waals surface area contributed by atoms with Crippen LogP contribution in [-0.4, -0.2) is 44.6 Å². The summed E-state index contributed by atoms with van der Waals surface area (Å²) in [6.45, 7) is 0.822. The van der Waals surface area contributed by atoms with E-state index in [0.29, 0.717) is 43.5 Å². The molecule has 0 aliphatic carbocycles. The Morgan fingerprint density at radius 1 is 1.07 bits per heavy atom. The summed E-state index contributed by atoms with van der Waals surface area (Å²) in [6.07, 6.45) is 6.36. The standard InChI is InChI=1S/C23H22FN3O2/c24-18-4-5-20(17-6-11-25-12-7-17)21(15-18)22(28)27-13-8-23(29,9-14-27)16-19-3-1-2-10-26-19/h1-7,10-12,15,29H,8-9,13-14,16H2. The van der Waals surface area contributed by atoms with Crippen molar-refractivity contribution in [2.24, 2.45) is 0 Å². The van der Waals surface area contributed by atoms with Crippen molar-refractivity contribution in [3.8, 4) is 11.1 Å². The first-order valence-electron chi connectivity index (χ1n) is 9.66. The molecule has 2 aromatic heterocycles. The van der Waals surface area contributed by atoms with Crippen LogP contribution in [0.2, 0.25) is 0 Å². The minimum absolute atomic E-state index is 0.226. The van der Waals surface area contributed by atoms with E-state index < -0.39 is 11.4 Å². The number of aromatic nitrogens is 2. The minimum atomic E-state index is -0.888. The maximum Gasteiger partial charge on any atom is 0.254 e. The van der Waals surface area contributed by atoms with Gasteiger partial charge in [0.1, 0.15) is 5.82 Å². The summed E-state index contributed by atoms with van der Waals surface area (Å²) >= 11 is 0. The Balaban J connectivity index is 1.51. The molecule has 0 saturated carbocycles. The Labute approximate surface area is 168 Å². The number of piperidine rings is 1. The van der Waals surface area contributed by atoms with Crippen molar-refractivity contribution >= 4 is 5.91 Å². The normalized spacial score (nSPS) is 15.9. The van der Waals surface area contributed by atoms with Gasteiger partial charge in [-0.25, -0.2) is 4.39 Å². The number of amides is 1. The van der Waals surface area contributed by atoms with Gasteiger partial charge in [-0.05, 0) is 60.4 Å². The molecule has 29 heavy (non-hydrogen) atoms.